The van der Waals surface area contributed by atoms with E-state index in [9.17, 15) is 8.42 Å². The van der Waals surface area contributed by atoms with Crippen molar-refractivity contribution in [3.8, 4) is 0 Å². The number of ether oxygens (including phenoxy) is 1. The van der Waals surface area contributed by atoms with Crippen LogP contribution >= 0.6 is 0 Å². The Labute approximate surface area is 130 Å². The lowest BCUT2D eigenvalue weighted by atomic mass is 9.78. The van der Waals surface area contributed by atoms with Gasteiger partial charge in [-0.3, -0.25) is 0 Å². The van der Waals surface area contributed by atoms with Gasteiger partial charge in [0.25, 0.3) is 0 Å². The van der Waals surface area contributed by atoms with E-state index in [0.717, 1.165) is 18.7 Å². The summed E-state index contributed by atoms with van der Waals surface area (Å²) in [7, 11) is -3.16. The van der Waals surface area contributed by atoms with Gasteiger partial charge in [-0.25, -0.2) is 12.7 Å². The number of rotatable bonds is 5. The van der Waals surface area contributed by atoms with Gasteiger partial charge >= 0.3 is 0 Å². The highest BCUT2D eigenvalue weighted by molar-refractivity contribution is 7.89. The molecule has 4 rings (SSSR count). The third kappa shape index (κ3) is 2.37. The normalized spacial score (nSPS) is 32.5. The SMILES string of the molecule is CCS(=O)(=O)N1C[C@@H]2COC[C@@]2(Cc2nnc(C3CC3)o2)C1. The molecule has 3 aliphatic rings. The molecular weight excluding hydrogens is 306 g/mol. The van der Waals surface area contributed by atoms with E-state index in [1.165, 1.54) is 0 Å². The number of sulfonamides is 1. The second-order valence-electron chi connectivity index (χ2n) is 6.75. The first-order valence-electron chi connectivity index (χ1n) is 7.90. The van der Waals surface area contributed by atoms with E-state index in [0.29, 0.717) is 44.5 Å². The maximum absolute atomic E-state index is 12.2. The fourth-order valence-corrected chi connectivity index (χ4v) is 4.79. The van der Waals surface area contributed by atoms with E-state index in [4.69, 9.17) is 9.15 Å². The second kappa shape index (κ2) is 5.01. The van der Waals surface area contributed by atoms with Crippen molar-refractivity contribution in [2.75, 3.05) is 32.1 Å². The third-order valence-electron chi connectivity index (χ3n) is 5.16. The van der Waals surface area contributed by atoms with E-state index in [1.807, 2.05) is 0 Å². The van der Waals surface area contributed by atoms with Crippen LogP contribution in [0.15, 0.2) is 4.42 Å². The molecule has 1 aromatic rings. The van der Waals surface area contributed by atoms with Crippen molar-refractivity contribution in [2.45, 2.75) is 32.1 Å². The molecule has 0 aromatic carbocycles. The summed E-state index contributed by atoms with van der Waals surface area (Å²) in [6.07, 6.45) is 2.86. The Morgan fingerprint density at radius 2 is 2.18 bits per heavy atom. The predicted octanol–water partition coefficient (Wildman–Crippen LogP) is 0.788. The molecule has 1 aliphatic carbocycles. The minimum Gasteiger partial charge on any atom is -0.425 e. The zero-order valence-electron chi connectivity index (χ0n) is 12.7. The maximum atomic E-state index is 12.2. The van der Waals surface area contributed by atoms with E-state index in [2.05, 4.69) is 10.2 Å². The molecule has 0 radical (unpaired) electrons. The van der Waals surface area contributed by atoms with E-state index < -0.39 is 10.0 Å². The van der Waals surface area contributed by atoms with Gasteiger partial charge in [0, 0.05) is 36.8 Å². The van der Waals surface area contributed by atoms with Crippen molar-refractivity contribution in [1.82, 2.24) is 14.5 Å². The van der Waals surface area contributed by atoms with Crippen LogP contribution in [0.1, 0.15) is 37.5 Å². The average Bonchev–Trinajstić information content (AvgIpc) is 2.95. The number of hydrogen-bond donors (Lipinski definition) is 0. The number of hydrogen-bond acceptors (Lipinski definition) is 6. The van der Waals surface area contributed by atoms with Gasteiger partial charge in [0.15, 0.2) is 0 Å². The third-order valence-corrected chi connectivity index (χ3v) is 6.95. The molecule has 2 atom stereocenters. The Hall–Kier alpha value is -0.990. The number of fused-ring (bicyclic) bond motifs is 1. The molecular formula is C14H21N3O4S. The van der Waals surface area contributed by atoms with Gasteiger partial charge in [0.05, 0.1) is 19.0 Å². The molecule has 0 spiro atoms. The summed E-state index contributed by atoms with van der Waals surface area (Å²) in [5.41, 5.74) is -0.213. The van der Waals surface area contributed by atoms with Crippen molar-refractivity contribution in [3.05, 3.63) is 11.8 Å². The summed E-state index contributed by atoms with van der Waals surface area (Å²) in [5, 5.41) is 8.29. The van der Waals surface area contributed by atoms with Gasteiger partial charge in [-0.15, -0.1) is 10.2 Å². The number of nitrogens with zero attached hydrogens (tertiary/aromatic N) is 3. The predicted molar refractivity (Wildman–Crippen MR) is 77.8 cm³/mol. The molecule has 2 aliphatic heterocycles. The topological polar surface area (TPSA) is 85.5 Å². The van der Waals surface area contributed by atoms with E-state index in [-0.39, 0.29) is 17.1 Å². The Morgan fingerprint density at radius 1 is 1.36 bits per heavy atom. The van der Waals surface area contributed by atoms with Gasteiger partial charge in [-0.05, 0) is 19.8 Å². The van der Waals surface area contributed by atoms with E-state index >= 15 is 0 Å². The van der Waals surface area contributed by atoms with Crippen molar-refractivity contribution >= 4 is 10.0 Å². The molecule has 1 saturated carbocycles. The quantitative estimate of drug-likeness (QED) is 0.795. The summed E-state index contributed by atoms with van der Waals surface area (Å²) in [6.45, 7) is 3.90. The largest absolute Gasteiger partial charge is 0.425 e. The highest BCUT2D eigenvalue weighted by Crippen LogP contribution is 2.45. The molecule has 1 aromatic heterocycles. The van der Waals surface area contributed by atoms with Crippen LogP contribution in [0.5, 0.6) is 0 Å². The lowest BCUT2D eigenvalue weighted by Gasteiger charge is -2.25. The Bertz CT molecular complexity index is 669. The van der Waals surface area contributed by atoms with Gasteiger partial charge in [-0.2, -0.15) is 0 Å². The lowest BCUT2D eigenvalue weighted by molar-refractivity contribution is 0.138. The van der Waals surface area contributed by atoms with E-state index in [1.54, 1.807) is 11.2 Å². The maximum Gasteiger partial charge on any atom is 0.219 e. The molecule has 0 amide bonds. The average molecular weight is 327 g/mol. The van der Waals surface area contributed by atoms with Crippen LogP contribution in [0, 0.1) is 11.3 Å². The van der Waals surface area contributed by atoms with Crippen molar-refractivity contribution in [3.63, 3.8) is 0 Å². The zero-order chi connectivity index (χ0) is 15.4. The standard InChI is InChI=1S/C14H21N3O4S/c1-2-22(18,19)17-6-11-7-20-9-14(11,8-17)5-12-15-16-13(21-12)10-3-4-10/h10-11H,2-9H2,1H3/t11-,14-/m1/s1. The van der Waals surface area contributed by atoms with Crippen LogP contribution in [-0.2, 0) is 21.2 Å². The van der Waals surface area contributed by atoms with Gasteiger partial charge in [0.1, 0.15) is 0 Å². The number of aromatic nitrogens is 2. The zero-order valence-corrected chi connectivity index (χ0v) is 13.5. The molecule has 2 saturated heterocycles. The molecule has 0 N–H and O–H groups in total. The molecule has 3 fully saturated rings. The second-order valence-corrected chi connectivity index (χ2v) is 9.01. The minimum absolute atomic E-state index is 0.142. The summed E-state index contributed by atoms with van der Waals surface area (Å²) in [4.78, 5) is 0. The Morgan fingerprint density at radius 3 is 2.91 bits per heavy atom. The first-order valence-corrected chi connectivity index (χ1v) is 9.51. The monoisotopic (exact) mass is 327 g/mol. The first-order chi connectivity index (χ1) is 10.5. The van der Waals surface area contributed by atoms with Gasteiger partial charge < -0.3 is 9.15 Å². The van der Waals surface area contributed by atoms with Crippen LogP contribution in [-0.4, -0.2) is 55.0 Å². The Kier molecular flexibility index (Phi) is 3.32. The van der Waals surface area contributed by atoms with Crippen molar-refractivity contribution in [1.29, 1.82) is 0 Å². The van der Waals surface area contributed by atoms with Crippen LogP contribution in [0.2, 0.25) is 0 Å². The highest BCUT2D eigenvalue weighted by Gasteiger charge is 2.53. The fourth-order valence-electron chi connectivity index (χ4n) is 3.56. The van der Waals surface area contributed by atoms with Gasteiger partial charge in [-0.1, -0.05) is 0 Å². The summed E-state index contributed by atoms with van der Waals surface area (Å²) in [5.74, 6) is 2.15. The smallest absolute Gasteiger partial charge is 0.219 e. The highest BCUT2D eigenvalue weighted by atomic mass is 32.2. The molecule has 3 heterocycles. The minimum atomic E-state index is -3.16. The lowest BCUT2D eigenvalue weighted by Crippen LogP contribution is -2.36. The molecule has 7 nitrogen and oxygen atoms in total. The van der Waals surface area contributed by atoms with Crippen LogP contribution in [0.25, 0.3) is 0 Å². The summed E-state index contributed by atoms with van der Waals surface area (Å²) < 4.78 is 37.3. The molecule has 8 heteroatoms. The van der Waals surface area contributed by atoms with Crippen LogP contribution in [0.4, 0.5) is 0 Å². The summed E-state index contributed by atoms with van der Waals surface area (Å²) in [6, 6.07) is 0. The van der Waals surface area contributed by atoms with Gasteiger partial charge in [0.2, 0.25) is 21.8 Å². The molecule has 122 valence electrons. The molecule has 22 heavy (non-hydrogen) atoms. The Balaban J connectivity index is 1.55. The van der Waals surface area contributed by atoms with Crippen molar-refractivity contribution in [2.24, 2.45) is 11.3 Å². The van der Waals surface area contributed by atoms with Crippen LogP contribution < -0.4 is 0 Å². The molecule has 0 unspecified atom stereocenters. The summed E-state index contributed by atoms with van der Waals surface area (Å²) >= 11 is 0. The first kappa shape index (κ1) is 14.6. The molecule has 0 bridgehead atoms. The fraction of sp³-hybridized carbons (Fsp3) is 0.857. The van der Waals surface area contributed by atoms with Crippen molar-refractivity contribution < 1.29 is 17.6 Å². The van der Waals surface area contributed by atoms with Crippen LogP contribution in [0.3, 0.4) is 0 Å².